The minimum atomic E-state index is 1.13. The molecule has 224 valence electrons. The molecule has 0 unspecified atom stereocenters. The van der Waals surface area contributed by atoms with Gasteiger partial charge in [-0.25, -0.2) is 0 Å². The van der Waals surface area contributed by atoms with Crippen molar-refractivity contribution < 1.29 is 0 Å². The Kier molecular flexibility index (Phi) is 6.12. The molecule has 48 heavy (non-hydrogen) atoms. The molecule has 0 saturated heterocycles. The van der Waals surface area contributed by atoms with Crippen LogP contribution in [0.1, 0.15) is 0 Å². The van der Waals surface area contributed by atoms with E-state index in [1.807, 2.05) is 11.3 Å². The Bertz CT molecular complexity index is 2860. The minimum Gasteiger partial charge on any atom is -0.309 e. The summed E-state index contributed by atoms with van der Waals surface area (Å²) in [6, 6.07) is 64.6. The number of fused-ring (bicyclic) bond motifs is 9. The summed E-state index contributed by atoms with van der Waals surface area (Å²) < 4.78 is 2.60. The molecule has 1 nitrogen and oxygen atoms in total. The van der Waals surface area contributed by atoms with E-state index in [9.17, 15) is 0 Å². The molecule has 0 aliphatic rings. The molecule has 0 fully saturated rings. The van der Waals surface area contributed by atoms with Gasteiger partial charge in [0.2, 0.25) is 0 Å². The van der Waals surface area contributed by atoms with Crippen LogP contribution in [0.25, 0.3) is 74.4 Å². The van der Waals surface area contributed by atoms with Gasteiger partial charge in [-0.1, -0.05) is 133 Å². The molecule has 2 heteroatoms. The lowest BCUT2D eigenvalue weighted by Crippen LogP contribution is -2.11. The Balaban J connectivity index is 1.26. The Morgan fingerprint density at radius 3 is 1.88 bits per heavy atom. The molecule has 0 aliphatic carbocycles. The highest BCUT2D eigenvalue weighted by atomic mass is 32.1. The highest BCUT2D eigenvalue weighted by Gasteiger charge is 2.21. The van der Waals surface area contributed by atoms with Crippen LogP contribution in [0.4, 0.5) is 17.1 Å². The Hall–Kier alpha value is -5.96. The van der Waals surface area contributed by atoms with Gasteiger partial charge >= 0.3 is 0 Å². The summed E-state index contributed by atoms with van der Waals surface area (Å²) in [7, 11) is 0. The van der Waals surface area contributed by atoms with Crippen LogP contribution < -0.4 is 4.90 Å². The number of rotatable bonds is 4. The Labute approximate surface area is 282 Å². The quantitative estimate of drug-likeness (QED) is 0.176. The molecule has 0 radical (unpaired) electrons. The van der Waals surface area contributed by atoms with E-state index in [0.717, 1.165) is 5.69 Å². The number of anilines is 3. The third-order valence-electron chi connectivity index (χ3n) is 9.81. The summed E-state index contributed by atoms with van der Waals surface area (Å²) in [6.07, 6.45) is 0. The van der Waals surface area contributed by atoms with Gasteiger partial charge in [-0.15, -0.1) is 11.3 Å². The Morgan fingerprint density at radius 1 is 0.333 bits per heavy atom. The maximum absolute atomic E-state index is 2.49. The van der Waals surface area contributed by atoms with Crippen molar-refractivity contribution in [2.75, 3.05) is 4.90 Å². The molecular weight excluding hydrogens is 599 g/mol. The maximum atomic E-state index is 2.49. The summed E-state index contributed by atoms with van der Waals surface area (Å²) in [5.74, 6) is 0. The predicted molar refractivity (Wildman–Crippen MR) is 209 cm³/mol. The highest BCUT2D eigenvalue weighted by Crippen LogP contribution is 2.47. The average Bonchev–Trinajstić information content (AvgIpc) is 3.54. The SMILES string of the molecule is c1cc(-c2ccc3ccccc3c2)cc(N(c2cccc3c2ccc2c4ccccc4ccc32)c2cccc3sc4ccccc4c23)c1. The zero-order valence-electron chi connectivity index (χ0n) is 26.1. The maximum Gasteiger partial charge on any atom is 0.0555 e. The van der Waals surface area contributed by atoms with Crippen LogP contribution >= 0.6 is 11.3 Å². The summed E-state index contributed by atoms with van der Waals surface area (Å²) in [5, 5.41) is 12.7. The largest absolute Gasteiger partial charge is 0.309 e. The third-order valence-corrected chi connectivity index (χ3v) is 10.9. The fourth-order valence-corrected chi connectivity index (χ4v) is 8.71. The number of nitrogens with zero attached hydrogens (tertiary/aromatic N) is 1. The van der Waals surface area contributed by atoms with Crippen LogP contribution in [0.3, 0.4) is 0 Å². The minimum absolute atomic E-state index is 1.13. The molecule has 0 spiro atoms. The van der Waals surface area contributed by atoms with Crippen molar-refractivity contribution in [1.82, 2.24) is 0 Å². The zero-order valence-corrected chi connectivity index (χ0v) is 26.9. The fraction of sp³-hybridized carbons (Fsp3) is 0. The van der Waals surface area contributed by atoms with Crippen LogP contribution in [0.15, 0.2) is 176 Å². The smallest absolute Gasteiger partial charge is 0.0555 e. The first-order valence-corrected chi connectivity index (χ1v) is 17.2. The summed E-state index contributed by atoms with van der Waals surface area (Å²) in [6.45, 7) is 0. The summed E-state index contributed by atoms with van der Waals surface area (Å²) in [4.78, 5) is 2.49. The molecule has 1 heterocycles. The molecule has 0 saturated carbocycles. The van der Waals surface area contributed by atoms with Crippen molar-refractivity contribution >= 4 is 91.7 Å². The van der Waals surface area contributed by atoms with Crippen molar-refractivity contribution in [3.05, 3.63) is 176 Å². The average molecular weight is 628 g/mol. The molecule has 10 aromatic rings. The van der Waals surface area contributed by atoms with E-state index >= 15 is 0 Å². The first-order valence-electron chi connectivity index (χ1n) is 16.4. The van der Waals surface area contributed by atoms with Crippen molar-refractivity contribution in [3.8, 4) is 11.1 Å². The van der Waals surface area contributed by atoms with Crippen LogP contribution in [0.2, 0.25) is 0 Å². The normalized spacial score (nSPS) is 11.8. The van der Waals surface area contributed by atoms with Crippen LogP contribution in [0, 0.1) is 0 Å². The van der Waals surface area contributed by atoms with Crippen LogP contribution in [-0.2, 0) is 0 Å². The predicted octanol–water partition coefficient (Wildman–Crippen LogP) is 13.8. The number of hydrogen-bond acceptors (Lipinski definition) is 2. The molecule has 10 rings (SSSR count). The van der Waals surface area contributed by atoms with E-state index in [4.69, 9.17) is 0 Å². The van der Waals surface area contributed by atoms with Gasteiger partial charge in [-0.2, -0.15) is 0 Å². The highest BCUT2D eigenvalue weighted by molar-refractivity contribution is 7.26. The van der Waals surface area contributed by atoms with Gasteiger partial charge in [0.1, 0.15) is 0 Å². The monoisotopic (exact) mass is 627 g/mol. The molecule has 0 N–H and O–H groups in total. The van der Waals surface area contributed by atoms with Gasteiger partial charge in [0.25, 0.3) is 0 Å². The van der Waals surface area contributed by atoms with E-state index in [1.165, 1.54) is 85.8 Å². The topological polar surface area (TPSA) is 3.24 Å². The summed E-state index contributed by atoms with van der Waals surface area (Å²) in [5.41, 5.74) is 5.90. The van der Waals surface area contributed by atoms with Gasteiger partial charge in [0.15, 0.2) is 0 Å². The standard InChI is InChI=1S/C46H29NS/c1-2-12-32-28-34(23-22-30(32)10-1)33-13-7-14-35(29-33)47(43-19-9-21-45-46(43)41-16-5-6-20-44(41)48-45)42-18-8-17-37-39-25-24-31-11-3-4-15-36(31)38(39)26-27-40(37)42/h1-29H. The second-order valence-electron chi connectivity index (χ2n) is 12.5. The fourth-order valence-electron chi connectivity index (χ4n) is 7.58. The second-order valence-corrected chi connectivity index (χ2v) is 13.6. The number of benzene rings is 9. The molecular formula is C46H29NS. The van der Waals surface area contributed by atoms with Crippen LogP contribution in [0.5, 0.6) is 0 Å². The number of hydrogen-bond donors (Lipinski definition) is 0. The Morgan fingerprint density at radius 2 is 0.938 bits per heavy atom. The van der Waals surface area contributed by atoms with Crippen LogP contribution in [-0.4, -0.2) is 0 Å². The van der Waals surface area contributed by atoms with Crippen molar-refractivity contribution in [1.29, 1.82) is 0 Å². The number of thiophene rings is 1. The van der Waals surface area contributed by atoms with Gasteiger partial charge < -0.3 is 4.90 Å². The van der Waals surface area contributed by atoms with Crippen molar-refractivity contribution in [2.24, 2.45) is 0 Å². The van der Waals surface area contributed by atoms with E-state index < -0.39 is 0 Å². The lowest BCUT2D eigenvalue weighted by molar-refractivity contribution is 1.32. The van der Waals surface area contributed by atoms with Gasteiger partial charge in [-0.3, -0.25) is 0 Å². The molecule has 0 amide bonds. The first kappa shape index (κ1) is 27.2. The molecule has 0 aliphatic heterocycles. The molecule has 0 atom stereocenters. The zero-order chi connectivity index (χ0) is 31.6. The van der Waals surface area contributed by atoms with Gasteiger partial charge in [-0.05, 0) is 91.3 Å². The van der Waals surface area contributed by atoms with E-state index in [1.54, 1.807) is 0 Å². The van der Waals surface area contributed by atoms with E-state index in [-0.39, 0.29) is 0 Å². The first-order chi connectivity index (χ1) is 23.8. The molecule has 1 aromatic heterocycles. The van der Waals surface area contributed by atoms with E-state index in [2.05, 4.69) is 181 Å². The summed E-state index contributed by atoms with van der Waals surface area (Å²) >= 11 is 1.86. The third kappa shape index (κ3) is 4.24. The van der Waals surface area contributed by atoms with Crippen molar-refractivity contribution in [3.63, 3.8) is 0 Å². The van der Waals surface area contributed by atoms with Gasteiger partial charge in [0, 0.05) is 31.2 Å². The van der Waals surface area contributed by atoms with E-state index in [0.29, 0.717) is 0 Å². The molecule has 9 aromatic carbocycles. The van der Waals surface area contributed by atoms with Gasteiger partial charge in [0.05, 0.1) is 11.4 Å². The lowest BCUT2D eigenvalue weighted by Gasteiger charge is -2.28. The van der Waals surface area contributed by atoms with Crippen molar-refractivity contribution in [2.45, 2.75) is 0 Å². The lowest BCUT2D eigenvalue weighted by atomic mass is 9.95. The molecule has 0 bridgehead atoms. The second kappa shape index (κ2) is 10.8.